The van der Waals surface area contributed by atoms with Crippen LogP contribution in [0.5, 0.6) is 0 Å². The molecule has 0 aliphatic heterocycles. The van der Waals surface area contributed by atoms with Gasteiger partial charge in [-0.15, -0.1) is 0 Å². The summed E-state index contributed by atoms with van der Waals surface area (Å²) in [6.07, 6.45) is 9.56. The zero-order chi connectivity index (χ0) is 17.4. The molecule has 0 bridgehead atoms. The van der Waals surface area contributed by atoms with Crippen LogP contribution < -0.4 is 0 Å². The summed E-state index contributed by atoms with van der Waals surface area (Å²) in [6.45, 7) is 8.24. The van der Waals surface area contributed by atoms with E-state index in [4.69, 9.17) is 10.2 Å². The average molecular weight is 375 g/mol. The van der Waals surface area contributed by atoms with Crippen molar-refractivity contribution in [1.29, 1.82) is 0 Å². The van der Waals surface area contributed by atoms with Crippen molar-refractivity contribution in [3.05, 3.63) is 0 Å². The van der Waals surface area contributed by atoms with Crippen LogP contribution in [0.1, 0.15) is 91.9 Å². The van der Waals surface area contributed by atoms with E-state index >= 15 is 0 Å². The Labute approximate surface area is 152 Å². The third kappa shape index (κ3) is 17.6. The van der Waals surface area contributed by atoms with Gasteiger partial charge in [0.05, 0.1) is 11.8 Å². The van der Waals surface area contributed by atoms with Crippen LogP contribution in [-0.2, 0) is 26.4 Å². The van der Waals surface area contributed by atoms with Gasteiger partial charge in [-0.05, 0) is 25.7 Å². The fraction of sp³-hybridized carbons (Fsp3) is 0.889. The van der Waals surface area contributed by atoms with Crippen LogP contribution in [0.25, 0.3) is 0 Å². The molecule has 5 heteroatoms. The Hall–Kier alpha value is -0.554. The van der Waals surface area contributed by atoms with E-state index in [0.717, 1.165) is 64.2 Å². The Morgan fingerprint density at radius 2 is 0.957 bits per heavy atom. The van der Waals surface area contributed by atoms with E-state index in [-0.39, 0.29) is 28.6 Å². The Morgan fingerprint density at radius 3 is 1.13 bits per heavy atom. The first-order chi connectivity index (χ1) is 10.4. The molecule has 0 fully saturated rings. The summed E-state index contributed by atoms with van der Waals surface area (Å²) < 4.78 is 0. The number of carbonyl (C=O) groups is 2. The number of carboxylic acids is 2. The maximum absolute atomic E-state index is 10.6. The smallest absolute Gasteiger partial charge is 0.306 e. The predicted octanol–water partition coefficient (Wildman–Crippen LogP) is 5.35. The largest absolute Gasteiger partial charge is 0.481 e. The zero-order valence-corrected chi connectivity index (χ0v) is 16.3. The zero-order valence-electron chi connectivity index (χ0n) is 15.3. The summed E-state index contributed by atoms with van der Waals surface area (Å²) in [7, 11) is 0. The van der Waals surface area contributed by atoms with Crippen molar-refractivity contribution in [3.8, 4) is 0 Å². The second-order valence-corrected chi connectivity index (χ2v) is 5.93. The SMILES string of the molecule is CCCCC(CCC)C(=O)O.CCCCC(CCC)C(=O)O.[Co]. The second-order valence-electron chi connectivity index (χ2n) is 5.93. The third-order valence-electron chi connectivity index (χ3n) is 3.79. The minimum atomic E-state index is -0.625. The molecule has 0 aromatic rings. The molecule has 0 amide bonds. The van der Waals surface area contributed by atoms with Crippen molar-refractivity contribution < 1.29 is 36.6 Å². The number of hydrogen-bond acceptors (Lipinski definition) is 2. The molecular formula is C18H36CoO4. The van der Waals surface area contributed by atoms with Crippen molar-refractivity contribution >= 4 is 11.9 Å². The summed E-state index contributed by atoms with van der Waals surface area (Å²) in [4.78, 5) is 21.2. The standard InChI is InChI=1S/2C9H18O2.Co/c2*1-3-5-7-8(6-4-2)9(10)11;/h2*8H,3-7H2,1-2H3,(H,10,11);. The number of carboxylic acid groups (broad SMARTS) is 2. The fourth-order valence-corrected chi connectivity index (χ4v) is 2.38. The van der Waals surface area contributed by atoms with Gasteiger partial charge < -0.3 is 10.2 Å². The van der Waals surface area contributed by atoms with Crippen LogP contribution in [0.3, 0.4) is 0 Å². The van der Waals surface area contributed by atoms with Gasteiger partial charge in [-0.2, -0.15) is 0 Å². The van der Waals surface area contributed by atoms with Crippen molar-refractivity contribution in [2.24, 2.45) is 11.8 Å². The second kappa shape index (κ2) is 19.5. The molecule has 0 spiro atoms. The van der Waals surface area contributed by atoms with Gasteiger partial charge in [0.1, 0.15) is 0 Å². The monoisotopic (exact) mass is 375 g/mol. The van der Waals surface area contributed by atoms with Gasteiger partial charge in [-0.1, -0.05) is 66.2 Å². The van der Waals surface area contributed by atoms with Crippen LogP contribution in [0.4, 0.5) is 0 Å². The molecule has 23 heavy (non-hydrogen) atoms. The Kier molecular flexibility index (Phi) is 23.1. The summed E-state index contributed by atoms with van der Waals surface area (Å²) in [6, 6.07) is 0. The van der Waals surface area contributed by atoms with E-state index in [1.165, 1.54) is 0 Å². The summed E-state index contributed by atoms with van der Waals surface area (Å²) in [5.41, 5.74) is 0. The quantitative estimate of drug-likeness (QED) is 0.482. The maximum Gasteiger partial charge on any atom is 0.306 e. The summed E-state index contributed by atoms with van der Waals surface area (Å²) in [5, 5.41) is 17.5. The minimum absolute atomic E-state index is 0. The van der Waals surface area contributed by atoms with Gasteiger partial charge in [-0.3, -0.25) is 9.59 Å². The van der Waals surface area contributed by atoms with Crippen molar-refractivity contribution in [3.63, 3.8) is 0 Å². The number of hydrogen-bond donors (Lipinski definition) is 2. The maximum atomic E-state index is 10.6. The molecule has 2 atom stereocenters. The number of aliphatic carboxylic acids is 2. The van der Waals surface area contributed by atoms with Crippen LogP contribution in [0.2, 0.25) is 0 Å². The van der Waals surface area contributed by atoms with Crippen LogP contribution in [0.15, 0.2) is 0 Å². The van der Waals surface area contributed by atoms with Gasteiger partial charge in [0.15, 0.2) is 0 Å². The van der Waals surface area contributed by atoms with E-state index in [9.17, 15) is 9.59 Å². The molecular weight excluding hydrogens is 339 g/mol. The van der Waals surface area contributed by atoms with E-state index in [1.54, 1.807) is 0 Å². The predicted molar refractivity (Wildman–Crippen MR) is 91.1 cm³/mol. The van der Waals surface area contributed by atoms with E-state index in [0.29, 0.717) is 0 Å². The molecule has 0 heterocycles. The van der Waals surface area contributed by atoms with Gasteiger partial charge in [0.25, 0.3) is 0 Å². The molecule has 2 unspecified atom stereocenters. The molecule has 141 valence electrons. The molecule has 0 rings (SSSR count). The Bertz CT molecular complexity index is 254. The van der Waals surface area contributed by atoms with Crippen molar-refractivity contribution in [1.82, 2.24) is 0 Å². The first-order valence-corrected chi connectivity index (χ1v) is 8.89. The number of rotatable bonds is 12. The van der Waals surface area contributed by atoms with Crippen molar-refractivity contribution in [2.45, 2.75) is 91.9 Å². The molecule has 0 aromatic heterocycles. The van der Waals surface area contributed by atoms with Crippen LogP contribution in [0, 0.1) is 11.8 Å². The first kappa shape index (κ1) is 27.3. The normalized spacial score (nSPS) is 12.3. The minimum Gasteiger partial charge on any atom is -0.481 e. The Balaban J connectivity index is -0.000000333. The van der Waals surface area contributed by atoms with E-state index in [1.807, 2.05) is 13.8 Å². The van der Waals surface area contributed by atoms with E-state index in [2.05, 4.69) is 13.8 Å². The molecule has 0 saturated carbocycles. The Morgan fingerprint density at radius 1 is 0.652 bits per heavy atom. The molecule has 0 aliphatic rings. The first-order valence-electron chi connectivity index (χ1n) is 8.89. The average Bonchev–Trinajstić information content (AvgIpc) is 2.48. The van der Waals surface area contributed by atoms with Gasteiger partial charge in [0, 0.05) is 16.8 Å². The molecule has 4 nitrogen and oxygen atoms in total. The van der Waals surface area contributed by atoms with Crippen molar-refractivity contribution in [2.75, 3.05) is 0 Å². The third-order valence-corrected chi connectivity index (χ3v) is 3.79. The van der Waals surface area contributed by atoms with Gasteiger partial charge in [0.2, 0.25) is 0 Å². The summed E-state index contributed by atoms with van der Waals surface area (Å²) >= 11 is 0. The number of unbranched alkanes of at least 4 members (excludes halogenated alkanes) is 2. The summed E-state index contributed by atoms with van der Waals surface area (Å²) in [5.74, 6) is -1.44. The molecule has 0 saturated heterocycles. The molecule has 0 aromatic carbocycles. The molecule has 2 N–H and O–H groups in total. The fourth-order valence-electron chi connectivity index (χ4n) is 2.38. The van der Waals surface area contributed by atoms with Gasteiger partial charge in [-0.25, -0.2) is 0 Å². The molecule has 1 radical (unpaired) electrons. The molecule has 0 aliphatic carbocycles. The van der Waals surface area contributed by atoms with Gasteiger partial charge >= 0.3 is 11.9 Å². The van der Waals surface area contributed by atoms with Crippen LogP contribution >= 0.6 is 0 Å². The van der Waals surface area contributed by atoms with Crippen LogP contribution in [-0.4, -0.2) is 22.2 Å². The topological polar surface area (TPSA) is 74.6 Å². The van der Waals surface area contributed by atoms with E-state index < -0.39 is 11.9 Å².